The molecule has 0 aromatic heterocycles. The Morgan fingerprint density at radius 2 is 1.47 bits per heavy atom. The SMILES string of the molecule is CN1C(=O)N(C)C(=O)C2(C1=O)[C@H](c1ccc(Cl)c(Cl)c1)CN(C)[C@@]21C(=O)c2cccc3cccc1c23. The minimum Gasteiger partial charge on any atom is -0.292 e. The van der Waals surface area contributed by atoms with E-state index in [2.05, 4.69) is 0 Å². The Hall–Kier alpha value is -3.26. The maximum Gasteiger partial charge on any atom is 0.332 e. The van der Waals surface area contributed by atoms with Crippen LogP contribution in [0.2, 0.25) is 10.0 Å². The lowest BCUT2D eigenvalue weighted by molar-refractivity contribution is -0.163. The Morgan fingerprint density at radius 1 is 0.833 bits per heavy atom. The van der Waals surface area contributed by atoms with Crippen LogP contribution in [-0.4, -0.2) is 66.0 Å². The molecule has 6 rings (SSSR count). The van der Waals surface area contributed by atoms with Crippen molar-refractivity contribution in [1.82, 2.24) is 14.7 Å². The van der Waals surface area contributed by atoms with E-state index in [1.54, 1.807) is 42.3 Å². The third-order valence-corrected chi connectivity index (χ3v) is 8.93. The molecule has 1 aliphatic carbocycles. The Balaban J connectivity index is 1.76. The van der Waals surface area contributed by atoms with E-state index in [0.717, 1.165) is 15.2 Å². The van der Waals surface area contributed by atoms with E-state index < -0.39 is 34.7 Å². The number of urea groups is 1. The molecule has 0 N–H and O–H groups in total. The highest BCUT2D eigenvalue weighted by molar-refractivity contribution is 6.42. The molecule has 0 unspecified atom stereocenters. The molecule has 2 atom stereocenters. The molecular formula is C27H21Cl2N3O4. The number of nitrogens with zero attached hydrogens (tertiary/aromatic N) is 3. The van der Waals surface area contributed by atoms with Gasteiger partial charge in [-0.05, 0) is 41.1 Å². The highest BCUT2D eigenvalue weighted by Gasteiger charge is 2.79. The zero-order valence-electron chi connectivity index (χ0n) is 19.7. The van der Waals surface area contributed by atoms with Gasteiger partial charge in [0.05, 0.1) is 10.0 Å². The Morgan fingerprint density at radius 3 is 2.11 bits per heavy atom. The zero-order valence-corrected chi connectivity index (χ0v) is 21.2. The summed E-state index contributed by atoms with van der Waals surface area (Å²) in [5.41, 5.74) is -2.00. The van der Waals surface area contributed by atoms with Crippen LogP contribution in [0, 0.1) is 5.41 Å². The second kappa shape index (κ2) is 7.38. The van der Waals surface area contributed by atoms with Crippen LogP contribution < -0.4 is 0 Å². The summed E-state index contributed by atoms with van der Waals surface area (Å²) in [5, 5.41) is 2.15. The van der Waals surface area contributed by atoms with E-state index in [9.17, 15) is 19.2 Å². The number of rotatable bonds is 1. The van der Waals surface area contributed by atoms with E-state index in [1.807, 2.05) is 24.3 Å². The van der Waals surface area contributed by atoms with Crippen LogP contribution in [0.5, 0.6) is 0 Å². The van der Waals surface area contributed by atoms with Gasteiger partial charge in [-0.2, -0.15) is 0 Å². The molecular weight excluding hydrogens is 501 g/mol. The maximum atomic E-state index is 14.6. The largest absolute Gasteiger partial charge is 0.332 e. The Labute approximate surface area is 217 Å². The number of likely N-dealkylation sites (tertiary alicyclic amines) is 1. The van der Waals surface area contributed by atoms with Gasteiger partial charge in [0.15, 0.2) is 11.2 Å². The van der Waals surface area contributed by atoms with Crippen LogP contribution in [0.4, 0.5) is 4.79 Å². The number of barbiturate groups is 1. The van der Waals surface area contributed by atoms with Crippen molar-refractivity contribution in [2.24, 2.45) is 5.41 Å². The second-order valence-electron chi connectivity index (χ2n) is 9.67. The smallest absolute Gasteiger partial charge is 0.292 e. The number of amides is 4. The molecule has 3 aromatic rings. The molecule has 2 saturated heterocycles. The molecule has 2 aliphatic heterocycles. The van der Waals surface area contributed by atoms with Crippen molar-refractivity contribution < 1.29 is 19.2 Å². The monoisotopic (exact) mass is 521 g/mol. The summed E-state index contributed by atoms with van der Waals surface area (Å²) in [7, 11) is 4.44. The molecule has 2 heterocycles. The first-order valence-electron chi connectivity index (χ1n) is 11.4. The molecule has 182 valence electrons. The van der Waals surface area contributed by atoms with Gasteiger partial charge in [-0.25, -0.2) is 4.79 Å². The fourth-order valence-electron chi connectivity index (χ4n) is 6.73. The molecule has 0 bridgehead atoms. The maximum absolute atomic E-state index is 14.6. The summed E-state index contributed by atoms with van der Waals surface area (Å²) in [4.78, 5) is 59.9. The molecule has 0 radical (unpaired) electrons. The summed E-state index contributed by atoms with van der Waals surface area (Å²) < 4.78 is 0. The predicted molar refractivity (Wildman–Crippen MR) is 135 cm³/mol. The molecule has 36 heavy (non-hydrogen) atoms. The van der Waals surface area contributed by atoms with E-state index in [0.29, 0.717) is 27.1 Å². The number of hydrogen-bond donors (Lipinski definition) is 0. The van der Waals surface area contributed by atoms with Crippen LogP contribution in [0.25, 0.3) is 10.8 Å². The van der Waals surface area contributed by atoms with Crippen molar-refractivity contribution in [3.63, 3.8) is 0 Å². The van der Waals surface area contributed by atoms with Crippen molar-refractivity contribution in [2.45, 2.75) is 11.5 Å². The van der Waals surface area contributed by atoms with Gasteiger partial charge in [0.1, 0.15) is 5.54 Å². The average molecular weight is 522 g/mol. The normalized spacial score (nSPS) is 25.3. The van der Waals surface area contributed by atoms with Gasteiger partial charge in [0, 0.05) is 32.1 Å². The quantitative estimate of drug-likeness (QED) is 0.446. The fraction of sp³-hybridized carbons (Fsp3) is 0.259. The average Bonchev–Trinajstić information content (AvgIpc) is 3.30. The van der Waals surface area contributed by atoms with Crippen LogP contribution in [-0.2, 0) is 15.1 Å². The van der Waals surface area contributed by atoms with Crippen LogP contribution in [0.15, 0.2) is 54.6 Å². The first kappa shape index (κ1) is 23.2. The zero-order chi connectivity index (χ0) is 25.7. The standard InChI is InChI=1S/C27H21Cl2N3O4/c1-30-13-18(15-10-11-19(28)20(29)12-15)26(23(34)31(2)25(36)32(3)24(26)35)27(30)17-9-5-7-14-6-4-8-16(21(14)17)22(27)33/h4-12,18H,13H2,1-3H3/t18-,27-/m0/s1. The number of carbonyl (C=O) groups excluding carboxylic acids is 4. The van der Waals surface area contributed by atoms with E-state index >= 15 is 0 Å². The van der Waals surface area contributed by atoms with Crippen LogP contribution in [0.1, 0.15) is 27.4 Å². The summed E-state index contributed by atoms with van der Waals surface area (Å²) in [6.45, 7) is 0.196. The molecule has 3 aromatic carbocycles. The van der Waals surface area contributed by atoms with Crippen molar-refractivity contribution in [1.29, 1.82) is 0 Å². The van der Waals surface area contributed by atoms with Gasteiger partial charge in [0.25, 0.3) is 0 Å². The van der Waals surface area contributed by atoms with Crippen molar-refractivity contribution >= 4 is 57.6 Å². The molecule has 2 spiro atoms. The number of Topliss-reactive ketones (excluding diaryl/α,β-unsaturated/α-hetero) is 1. The second-order valence-corrected chi connectivity index (χ2v) is 10.5. The Bertz CT molecular complexity index is 1520. The highest BCUT2D eigenvalue weighted by Crippen LogP contribution is 2.65. The van der Waals surface area contributed by atoms with E-state index in [1.165, 1.54) is 14.1 Å². The minimum atomic E-state index is -1.96. The first-order chi connectivity index (χ1) is 17.1. The number of hydrogen-bond acceptors (Lipinski definition) is 5. The number of imide groups is 2. The lowest BCUT2D eigenvalue weighted by atomic mass is 9.58. The van der Waals surface area contributed by atoms with Gasteiger partial charge >= 0.3 is 6.03 Å². The number of carbonyl (C=O) groups is 4. The summed E-state index contributed by atoms with van der Waals surface area (Å²) in [5.74, 6) is -2.55. The van der Waals surface area contributed by atoms with Crippen molar-refractivity contribution in [3.8, 4) is 0 Å². The minimum absolute atomic E-state index is 0.196. The number of ketones is 1. The molecule has 2 fully saturated rings. The Kier molecular flexibility index (Phi) is 4.75. The van der Waals surface area contributed by atoms with Gasteiger partial charge < -0.3 is 0 Å². The molecule has 0 saturated carbocycles. The lowest BCUT2D eigenvalue weighted by Gasteiger charge is -2.50. The van der Waals surface area contributed by atoms with Gasteiger partial charge in [0.2, 0.25) is 11.8 Å². The lowest BCUT2D eigenvalue weighted by Crippen LogP contribution is -2.72. The third kappa shape index (κ3) is 2.39. The molecule has 7 nitrogen and oxygen atoms in total. The summed E-state index contributed by atoms with van der Waals surface area (Å²) in [6.07, 6.45) is 0. The molecule has 4 amide bonds. The predicted octanol–water partition coefficient (Wildman–Crippen LogP) is 4.30. The van der Waals surface area contributed by atoms with E-state index in [4.69, 9.17) is 23.2 Å². The topological polar surface area (TPSA) is 78.0 Å². The number of halogens is 2. The summed E-state index contributed by atoms with van der Waals surface area (Å²) >= 11 is 12.6. The van der Waals surface area contributed by atoms with E-state index in [-0.39, 0.29) is 17.4 Å². The first-order valence-corrected chi connectivity index (χ1v) is 12.2. The number of benzene rings is 3. The highest BCUT2D eigenvalue weighted by atomic mass is 35.5. The summed E-state index contributed by atoms with van der Waals surface area (Å²) in [6, 6.07) is 15.2. The molecule has 9 heteroatoms. The van der Waals surface area contributed by atoms with Crippen LogP contribution in [0.3, 0.4) is 0 Å². The van der Waals surface area contributed by atoms with Crippen LogP contribution >= 0.6 is 23.2 Å². The van der Waals surface area contributed by atoms with Crippen molar-refractivity contribution in [3.05, 3.63) is 81.3 Å². The number of likely N-dealkylation sites (N-methyl/N-ethyl adjacent to an activating group) is 1. The molecule has 3 aliphatic rings. The third-order valence-electron chi connectivity index (χ3n) is 8.19. The fourth-order valence-corrected chi connectivity index (χ4v) is 7.04. The van der Waals surface area contributed by atoms with Gasteiger partial charge in [-0.15, -0.1) is 0 Å². The van der Waals surface area contributed by atoms with Gasteiger partial charge in [-0.1, -0.05) is 65.7 Å². The van der Waals surface area contributed by atoms with Gasteiger partial charge in [-0.3, -0.25) is 29.1 Å². The number of fused-ring (bicyclic) bond motifs is 2. The van der Waals surface area contributed by atoms with Crippen molar-refractivity contribution in [2.75, 3.05) is 27.7 Å².